The standard InChI is InChI=1S/C14H22N2O2S/c17-13(4-5-19)15-7-10-6-11(9-15)12-2-1-3-14(18)16(12)8-10/h10-12,19H,1-9H2/t10-,11+,12-/m0/s1. The van der Waals surface area contributed by atoms with E-state index in [1.807, 2.05) is 4.90 Å². The first kappa shape index (κ1) is 13.3. The van der Waals surface area contributed by atoms with Gasteiger partial charge in [-0.2, -0.15) is 12.6 Å². The fraction of sp³-hybridized carbons (Fsp3) is 0.857. The van der Waals surface area contributed by atoms with Crippen LogP contribution >= 0.6 is 12.6 Å². The third-order valence-electron chi connectivity index (χ3n) is 4.86. The second-order valence-corrected chi connectivity index (χ2v) is 6.59. The molecule has 0 aromatic rings. The molecule has 3 atom stereocenters. The maximum atomic E-state index is 12.1. The molecule has 0 spiro atoms. The molecule has 3 saturated heterocycles. The van der Waals surface area contributed by atoms with Crippen molar-refractivity contribution in [3.8, 4) is 0 Å². The zero-order valence-electron chi connectivity index (χ0n) is 11.3. The van der Waals surface area contributed by atoms with Crippen LogP contribution in [-0.2, 0) is 9.59 Å². The van der Waals surface area contributed by atoms with Gasteiger partial charge in [-0.25, -0.2) is 0 Å². The topological polar surface area (TPSA) is 40.6 Å². The van der Waals surface area contributed by atoms with Crippen molar-refractivity contribution < 1.29 is 9.59 Å². The highest BCUT2D eigenvalue weighted by molar-refractivity contribution is 7.80. The second kappa shape index (κ2) is 5.35. The van der Waals surface area contributed by atoms with E-state index < -0.39 is 0 Å². The lowest BCUT2D eigenvalue weighted by molar-refractivity contribution is -0.148. The summed E-state index contributed by atoms with van der Waals surface area (Å²) in [5.41, 5.74) is 0. The first-order chi connectivity index (χ1) is 9.19. The summed E-state index contributed by atoms with van der Waals surface area (Å²) in [5.74, 6) is 2.18. The van der Waals surface area contributed by atoms with Crippen LogP contribution in [0.15, 0.2) is 0 Å². The van der Waals surface area contributed by atoms with E-state index in [0.717, 1.165) is 38.9 Å². The Hall–Kier alpha value is -0.710. The summed E-state index contributed by atoms with van der Waals surface area (Å²) in [4.78, 5) is 28.2. The Morgan fingerprint density at radius 1 is 1.32 bits per heavy atom. The van der Waals surface area contributed by atoms with Crippen LogP contribution in [-0.4, -0.2) is 53.0 Å². The second-order valence-electron chi connectivity index (χ2n) is 6.14. The molecule has 3 aliphatic rings. The van der Waals surface area contributed by atoms with E-state index in [1.165, 1.54) is 6.42 Å². The van der Waals surface area contributed by atoms with Crippen molar-refractivity contribution in [1.29, 1.82) is 0 Å². The molecule has 0 aliphatic carbocycles. The molecule has 5 heteroatoms. The summed E-state index contributed by atoms with van der Waals surface area (Å²) in [6, 6.07) is 0.393. The van der Waals surface area contributed by atoms with Crippen LogP contribution in [0.5, 0.6) is 0 Å². The molecule has 0 aromatic heterocycles. The average molecular weight is 282 g/mol. The normalized spacial score (nSPS) is 34.2. The lowest BCUT2D eigenvalue weighted by Gasteiger charge is -2.52. The molecule has 4 nitrogen and oxygen atoms in total. The van der Waals surface area contributed by atoms with Gasteiger partial charge in [0.2, 0.25) is 11.8 Å². The number of hydrogen-bond donors (Lipinski definition) is 1. The van der Waals surface area contributed by atoms with Crippen LogP contribution in [0, 0.1) is 11.8 Å². The number of thiol groups is 1. The monoisotopic (exact) mass is 282 g/mol. The first-order valence-electron chi connectivity index (χ1n) is 7.37. The minimum absolute atomic E-state index is 0.236. The number of piperidine rings is 3. The van der Waals surface area contributed by atoms with Crippen molar-refractivity contribution in [2.45, 2.75) is 38.1 Å². The van der Waals surface area contributed by atoms with E-state index in [-0.39, 0.29) is 5.91 Å². The highest BCUT2D eigenvalue weighted by atomic mass is 32.1. The van der Waals surface area contributed by atoms with Crippen molar-refractivity contribution in [3.63, 3.8) is 0 Å². The summed E-state index contributed by atoms with van der Waals surface area (Å²) in [7, 11) is 0. The molecule has 2 amide bonds. The minimum Gasteiger partial charge on any atom is -0.342 e. The number of amides is 2. The highest BCUT2D eigenvalue weighted by Crippen LogP contribution is 2.37. The predicted molar refractivity (Wildman–Crippen MR) is 76.0 cm³/mol. The molecular weight excluding hydrogens is 260 g/mol. The van der Waals surface area contributed by atoms with E-state index in [2.05, 4.69) is 17.5 Å². The van der Waals surface area contributed by atoms with Gasteiger partial charge in [0.25, 0.3) is 0 Å². The van der Waals surface area contributed by atoms with Gasteiger partial charge in [-0.3, -0.25) is 9.59 Å². The Bertz CT molecular complexity index is 388. The number of rotatable bonds is 2. The molecule has 0 N–H and O–H groups in total. The summed E-state index contributed by atoms with van der Waals surface area (Å²) >= 11 is 4.15. The summed E-state index contributed by atoms with van der Waals surface area (Å²) in [6.45, 7) is 2.54. The molecule has 3 heterocycles. The SMILES string of the molecule is O=C(CCS)N1C[C@@H]2C[C@H](C1)[C@@H]1CCCC(=O)N1C2. The van der Waals surface area contributed by atoms with Gasteiger partial charge in [0, 0.05) is 38.5 Å². The van der Waals surface area contributed by atoms with E-state index >= 15 is 0 Å². The molecule has 0 radical (unpaired) electrons. The smallest absolute Gasteiger partial charge is 0.223 e. The largest absolute Gasteiger partial charge is 0.342 e. The molecule has 3 fully saturated rings. The maximum Gasteiger partial charge on any atom is 0.223 e. The number of likely N-dealkylation sites (tertiary alicyclic amines) is 1. The van der Waals surface area contributed by atoms with Gasteiger partial charge in [-0.15, -0.1) is 0 Å². The molecule has 106 valence electrons. The van der Waals surface area contributed by atoms with Crippen LogP contribution in [0.1, 0.15) is 32.1 Å². The van der Waals surface area contributed by atoms with Crippen LogP contribution < -0.4 is 0 Å². The van der Waals surface area contributed by atoms with Gasteiger partial charge in [0.05, 0.1) is 0 Å². The molecule has 0 aromatic carbocycles. The van der Waals surface area contributed by atoms with Gasteiger partial charge in [0.1, 0.15) is 0 Å². The molecule has 0 unspecified atom stereocenters. The maximum absolute atomic E-state index is 12.1. The molecular formula is C14H22N2O2S. The average Bonchev–Trinajstić information content (AvgIpc) is 2.40. The number of fused-ring (bicyclic) bond motifs is 4. The van der Waals surface area contributed by atoms with Crippen molar-refractivity contribution in [3.05, 3.63) is 0 Å². The van der Waals surface area contributed by atoms with Gasteiger partial charge in [-0.05, 0) is 36.9 Å². The number of nitrogens with zero attached hydrogens (tertiary/aromatic N) is 2. The van der Waals surface area contributed by atoms with Crippen molar-refractivity contribution >= 4 is 24.4 Å². The Kier molecular flexibility index (Phi) is 3.74. The van der Waals surface area contributed by atoms with Crippen LogP contribution in [0.4, 0.5) is 0 Å². The van der Waals surface area contributed by atoms with Crippen LogP contribution in [0.2, 0.25) is 0 Å². The van der Waals surface area contributed by atoms with Gasteiger partial charge in [-0.1, -0.05) is 0 Å². The fourth-order valence-electron chi connectivity index (χ4n) is 4.07. The van der Waals surface area contributed by atoms with Crippen LogP contribution in [0.3, 0.4) is 0 Å². The lowest BCUT2D eigenvalue weighted by Crippen LogP contribution is -2.61. The lowest BCUT2D eigenvalue weighted by atomic mass is 9.76. The summed E-state index contributed by atoms with van der Waals surface area (Å²) in [5, 5.41) is 0. The molecule has 2 bridgehead atoms. The highest BCUT2D eigenvalue weighted by Gasteiger charge is 2.44. The molecule has 3 aliphatic heterocycles. The first-order valence-corrected chi connectivity index (χ1v) is 8.00. The van der Waals surface area contributed by atoms with Crippen LogP contribution in [0.25, 0.3) is 0 Å². The third-order valence-corrected chi connectivity index (χ3v) is 5.08. The van der Waals surface area contributed by atoms with Gasteiger partial charge in [0.15, 0.2) is 0 Å². The third kappa shape index (κ3) is 2.49. The van der Waals surface area contributed by atoms with E-state index in [4.69, 9.17) is 0 Å². The Balaban J connectivity index is 1.72. The van der Waals surface area contributed by atoms with Gasteiger partial charge >= 0.3 is 0 Å². The molecule has 19 heavy (non-hydrogen) atoms. The minimum atomic E-state index is 0.236. The van der Waals surface area contributed by atoms with Crippen molar-refractivity contribution in [2.75, 3.05) is 25.4 Å². The quantitative estimate of drug-likeness (QED) is 0.772. The van der Waals surface area contributed by atoms with Crippen molar-refractivity contribution in [2.24, 2.45) is 11.8 Å². The Morgan fingerprint density at radius 3 is 2.95 bits per heavy atom. The zero-order valence-corrected chi connectivity index (χ0v) is 12.1. The number of hydrogen-bond acceptors (Lipinski definition) is 3. The number of carbonyl (C=O) groups is 2. The zero-order chi connectivity index (χ0) is 13.4. The van der Waals surface area contributed by atoms with E-state index in [1.54, 1.807) is 0 Å². The summed E-state index contributed by atoms with van der Waals surface area (Å²) < 4.78 is 0. The van der Waals surface area contributed by atoms with E-state index in [0.29, 0.717) is 36.0 Å². The Labute approximate surface area is 119 Å². The van der Waals surface area contributed by atoms with Crippen molar-refractivity contribution in [1.82, 2.24) is 9.80 Å². The van der Waals surface area contributed by atoms with Gasteiger partial charge < -0.3 is 9.80 Å². The fourth-order valence-corrected chi connectivity index (χ4v) is 4.26. The number of carbonyl (C=O) groups excluding carboxylic acids is 2. The molecule has 3 rings (SSSR count). The van der Waals surface area contributed by atoms with E-state index in [9.17, 15) is 9.59 Å². The summed E-state index contributed by atoms with van der Waals surface area (Å²) in [6.07, 6.45) is 4.59. The Morgan fingerprint density at radius 2 is 2.16 bits per heavy atom. The molecule has 0 saturated carbocycles. The predicted octanol–water partition coefficient (Wildman–Crippen LogP) is 1.17.